The van der Waals surface area contributed by atoms with Crippen molar-refractivity contribution in [3.63, 3.8) is 0 Å². The number of rotatable bonds is 5. The summed E-state index contributed by atoms with van der Waals surface area (Å²) in [5.41, 5.74) is 2.74. The lowest BCUT2D eigenvalue weighted by atomic mass is 9.86. The molecule has 0 fully saturated rings. The van der Waals surface area contributed by atoms with Crippen molar-refractivity contribution in [3.8, 4) is 0 Å². The van der Waals surface area contributed by atoms with Crippen LogP contribution in [0.2, 0.25) is 0 Å². The number of hydrogen-bond acceptors (Lipinski definition) is 2. The summed E-state index contributed by atoms with van der Waals surface area (Å²) < 4.78 is 11.4. The molecule has 0 aliphatic carbocycles. The monoisotopic (exact) mass is 267 g/mol. The minimum absolute atomic E-state index is 0.180. The number of hydrogen-bond donors (Lipinski definition) is 1. The molecular weight excluding hydrogens is 242 g/mol. The molecule has 0 aliphatic rings. The van der Waals surface area contributed by atoms with Crippen LogP contribution in [0.5, 0.6) is 0 Å². The Morgan fingerprint density at radius 2 is 1.78 bits per heavy atom. The van der Waals surface area contributed by atoms with E-state index in [9.17, 15) is 4.21 Å². The fourth-order valence-corrected chi connectivity index (χ4v) is 2.75. The summed E-state index contributed by atoms with van der Waals surface area (Å²) >= 11 is 0. The maximum Gasteiger partial charge on any atom is 0.0436 e. The van der Waals surface area contributed by atoms with Gasteiger partial charge in [-0.3, -0.25) is 4.21 Å². The Labute approximate surface area is 114 Å². The first-order chi connectivity index (χ1) is 8.34. The molecule has 2 unspecified atom stereocenters. The number of benzene rings is 1. The Morgan fingerprint density at radius 3 is 2.17 bits per heavy atom. The largest absolute Gasteiger partial charge is 0.309 e. The van der Waals surface area contributed by atoms with Gasteiger partial charge in [-0.05, 0) is 23.1 Å². The third kappa shape index (κ3) is 4.54. The molecule has 1 rings (SSSR count). The minimum Gasteiger partial charge on any atom is -0.309 e. The van der Waals surface area contributed by atoms with Crippen LogP contribution in [0.15, 0.2) is 24.3 Å². The summed E-state index contributed by atoms with van der Waals surface area (Å²) in [6.07, 6.45) is 1.76. The lowest BCUT2D eigenvalue weighted by molar-refractivity contribution is 0.582. The van der Waals surface area contributed by atoms with Crippen LogP contribution in [0.1, 0.15) is 44.9 Å². The van der Waals surface area contributed by atoms with Crippen molar-refractivity contribution in [2.45, 2.75) is 39.2 Å². The lowest BCUT2D eigenvalue weighted by Crippen LogP contribution is -2.26. The van der Waals surface area contributed by atoms with E-state index in [2.05, 4.69) is 57.3 Å². The smallest absolute Gasteiger partial charge is 0.0436 e. The molecule has 3 heteroatoms. The van der Waals surface area contributed by atoms with Gasteiger partial charge in [0.2, 0.25) is 0 Å². The third-order valence-corrected chi connectivity index (χ3v) is 3.83. The summed E-state index contributed by atoms with van der Waals surface area (Å²) in [6.45, 7) is 9.61. The van der Waals surface area contributed by atoms with Gasteiger partial charge in [-0.2, -0.15) is 0 Å². The SMILES string of the molecule is CCNC(CS(C)=O)c1ccc(C(C)(C)C)cc1. The summed E-state index contributed by atoms with van der Waals surface area (Å²) in [6, 6.07) is 8.85. The molecule has 2 nitrogen and oxygen atoms in total. The molecule has 1 N–H and O–H groups in total. The van der Waals surface area contributed by atoms with Crippen molar-refractivity contribution < 1.29 is 4.21 Å². The van der Waals surface area contributed by atoms with Crippen LogP contribution < -0.4 is 5.32 Å². The minimum atomic E-state index is -0.783. The molecule has 0 amide bonds. The Morgan fingerprint density at radius 1 is 1.22 bits per heavy atom. The van der Waals surface area contributed by atoms with E-state index in [1.807, 2.05) is 0 Å². The predicted octanol–water partition coefficient (Wildman–Crippen LogP) is 3.01. The van der Waals surface area contributed by atoms with Gasteiger partial charge in [0.25, 0.3) is 0 Å². The van der Waals surface area contributed by atoms with E-state index in [1.54, 1.807) is 6.26 Å². The van der Waals surface area contributed by atoms with E-state index in [1.165, 1.54) is 11.1 Å². The fourth-order valence-electron chi connectivity index (χ4n) is 1.97. The first-order valence-electron chi connectivity index (χ1n) is 6.48. The van der Waals surface area contributed by atoms with Crippen molar-refractivity contribution in [1.82, 2.24) is 5.32 Å². The van der Waals surface area contributed by atoms with Crippen LogP contribution in [-0.4, -0.2) is 22.8 Å². The standard InChI is InChI=1S/C15H25NOS/c1-6-16-14(11-18(5)17)12-7-9-13(10-8-12)15(2,3)4/h7-10,14,16H,6,11H2,1-5H3. The van der Waals surface area contributed by atoms with Gasteiger partial charge in [0.1, 0.15) is 0 Å². The summed E-state index contributed by atoms with van der Waals surface area (Å²) in [4.78, 5) is 0. The van der Waals surface area contributed by atoms with Crippen LogP contribution in [0.4, 0.5) is 0 Å². The van der Waals surface area contributed by atoms with Crippen LogP contribution >= 0.6 is 0 Å². The summed E-state index contributed by atoms with van der Waals surface area (Å²) in [5.74, 6) is 0.669. The summed E-state index contributed by atoms with van der Waals surface area (Å²) in [5, 5.41) is 3.40. The molecule has 102 valence electrons. The van der Waals surface area contributed by atoms with Gasteiger partial charge in [0.15, 0.2) is 0 Å². The van der Waals surface area contributed by atoms with E-state index in [-0.39, 0.29) is 11.5 Å². The van der Waals surface area contributed by atoms with E-state index < -0.39 is 10.8 Å². The van der Waals surface area contributed by atoms with Gasteiger partial charge in [-0.15, -0.1) is 0 Å². The zero-order valence-corrected chi connectivity index (χ0v) is 12.9. The van der Waals surface area contributed by atoms with E-state index in [0.717, 1.165) is 6.54 Å². The van der Waals surface area contributed by atoms with Crippen molar-refractivity contribution in [1.29, 1.82) is 0 Å². The molecule has 0 radical (unpaired) electrons. The molecule has 0 saturated carbocycles. The van der Waals surface area contributed by atoms with Crippen molar-refractivity contribution in [2.24, 2.45) is 0 Å². The molecule has 0 aliphatic heterocycles. The second-order valence-electron chi connectivity index (χ2n) is 5.72. The highest BCUT2D eigenvalue weighted by molar-refractivity contribution is 7.84. The average molecular weight is 267 g/mol. The highest BCUT2D eigenvalue weighted by atomic mass is 32.2. The van der Waals surface area contributed by atoms with Crippen LogP contribution in [0.3, 0.4) is 0 Å². The topological polar surface area (TPSA) is 29.1 Å². The summed E-state index contributed by atoms with van der Waals surface area (Å²) in [7, 11) is -0.783. The van der Waals surface area contributed by atoms with Crippen LogP contribution in [-0.2, 0) is 16.2 Å². The Hall–Kier alpha value is -0.670. The van der Waals surface area contributed by atoms with Crippen molar-refractivity contribution >= 4 is 10.8 Å². The molecule has 2 atom stereocenters. The van der Waals surface area contributed by atoms with Gasteiger partial charge in [-0.25, -0.2) is 0 Å². The third-order valence-electron chi connectivity index (χ3n) is 3.03. The molecule has 18 heavy (non-hydrogen) atoms. The Kier molecular flexibility index (Phi) is 5.54. The lowest BCUT2D eigenvalue weighted by Gasteiger charge is -2.21. The van der Waals surface area contributed by atoms with E-state index >= 15 is 0 Å². The maximum absolute atomic E-state index is 11.4. The fraction of sp³-hybridized carbons (Fsp3) is 0.600. The van der Waals surface area contributed by atoms with Crippen molar-refractivity contribution in [2.75, 3.05) is 18.6 Å². The van der Waals surface area contributed by atoms with Crippen LogP contribution in [0, 0.1) is 0 Å². The molecule has 0 saturated heterocycles. The molecule has 1 aromatic rings. The predicted molar refractivity (Wildman–Crippen MR) is 80.5 cm³/mol. The zero-order valence-electron chi connectivity index (χ0n) is 12.1. The van der Waals surface area contributed by atoms with Crippen LogP contribution in [0.25, 0.3) is 0 Å². The first-order valence-corrected chi connectivity index (χ1v) is 8.21. The molecule has 1 aromatic carbocycles. The van der Waals surface area contributed by atoms with Gasteiger partial charge >= 0.3 is 0 Å². The molecular formula is C15H25NOS. The molecule has 0 bridgehead atoms. The maximum atomic E-state index is 11.4. The molecule has 0 spiro atoms. The van der Waals surface area contributed by atoms with E-state index in [4.69, 9.17) is 0 Å². The van der Waals surface area contributed by atoms with Gasteiger partial charge in [-0.1, -0.05) is 52.0 Å². The highest BCUT2D eigenvalue weighted by Crippen LogP contribution is 2.24. The first kappa shape index (κ1) is 15.4. The Bertz CT molecular complexity index is 392. The van der Waals surface area contributed by atoms with E-state index in [0.29, 0.717) is 5.75 Å². The molecule has 0 aromatic heterocycles. The second kappa shape index (κ2) is 6.48. The number of nitrogens with one attached hydrogen (secondary N) is 1. The van der Waals surface area contributed by atoms with Gasteiger partial charge < -0.3 is 5.32 Å². The normalized spacial score (nSPS) is 15.4. The van der Waals surface area contributed by atoms with Gasteiger partial charge in [0.05, 0.1) is 0 Å². The highest BCUT2D eigenvalue weighted by Gasteiger charge is 2.16. The second-order valence-corrected chi connectivity index (χ2v) is 7.20. The average Bonchev–Trinajstić information content (AvgIpc) is 2.27. The zero-order chi connectivity index (χ0) is 13.8. The quantitative estimate of drug-likeness (QED) is 0.888. The molecule has 0 heterocycles. The Balaban J connectivity index is 2.90. The van der Waals surface area contributed by atoms with Crippen molar-refractivity contribution in [3.05, 3.63) is 35.4 Å². The van der Waals surface area contributed by atoms with Gasteiger partial charge in [0, 0.05) is 28.9 Å².